The Hall–Kier alpha value is -4.26. The number of para-hydroxylation sites is 1. The first-order valence-electron chi connectivity index (χ1n) is 14.6. The fourth-order valence-electron chi connectivity index (χ4n) is 6.80. The van der Waals surface area contributed by atoms with Crippen molar-refractivity contribution in [2.75, 3.05) is 32.1 Å². The minimum absolute atomic E-state index is 0.0224. The van der Waals surface area contributed by atoms with Crippen molar-refractivity contribution >= 4 is 17.5 Å². The summed E-state index contributed by atoms with van der Waals surface area (Å²) in [5, 5.41) is 9.78. The molecule has 2 aliphatic rings. The van der Waals surface area contributed by atoms with Crippen molar-refractivity contribution in [2.24, 2.45) is 0 Å². The zero-order valence-corrected chi connectivity index (χ0v) is 24.2. The number of carbonyl (C=O) groups is 2. The van der Waals surface area contributed by atoms with Crippen LogP contribution >= 0.6 is 0 Å². The first kappa shape index (κ1) is 27.9. The second-order valence-corrected chi connectivity index (χ2v) is 11.7. The van der Waals surface area contributed by atoms with Crippen LogP contribution in [0, 0.1) is 0 Å². The summed E-state index contributed by atoms with van der Waals surface area (Å²) in [5.74, 6) is -0.0590. The van der Waals surface area contributed by atoms with Gasteiger partial charge in [-0.15, -0.1) is 0 Å². The van der Waals surface area contributed by atoms with Crippen LogP contribution in [0.2, 0.25) is 0 Å². The fraction of sp³-hybridized carbons (Fsp3) is 0.278. The maximum absolute atomic E-state index is 15.2. The Balaban J connectivity index is 1.59. The molecule has 4 aromatic rings. The lowest BCUT2D eigenvalue weighted by molar-refractivity contribution is -0.128. The lowest BCUT2D eigenvalue weighted by Gasteiger charge is -2.53. The SMILES string of the molecule is CN(C)CCCN1C(=O)[C@@]2(Cc3ccccc31)c1ccccc1C(=O)N(Cc1ccccc1)C2c1ccc(CO)cc1. The van der Waals surface area contributed by atoms with E-state index in [1.54, 1.807) is 0 Å². The maximum Gasteiger partial charge on any atom is 0.255 e. The molecule has 1 N–H and O–H groups in total. The Morgan fingerprint density at radius 3 is 2.26 bits per heavy atom. The summed E-state index contributed by atoms with van der Waals surface area (Å²) in [6.07, 6.45) is 1.31. The van der Waals surface area contributed by atoms with E-state index in [2.05, 4.69) is 11.0 Å². The van der Waals surface area contributed by atoms with E-state index in [1.807, 2.05) is 121 Å². The number of amides is 2. The van der Waals surface area contributed by atoms with E-state index in [4.69, 9.17) is 0 Å². The van der Waals surface area contributed by atoms with E-state index < -0.39 is 11.5 Å². The number of benzene rings is 4. The molecular weight excluding hydrogens is 522 g/mol. The normalized spacial score (nSPS) is 19.8. The van der Waals surface area contributed by atoms with Crippen LogP contribution in [0.5, 0.6) is 0 Å². The topological polar surface area (TPSA) is 64.1 Å². The summed E-state index contributed by atoms with van der Waals surface area (Å²) >= 11 is 0. The van der Waals surface area contributed by atoms with Gasteiger partial charge in [-0.25, -0.2) is 0 Å². The molecule has 0 aliphatic carbocycles. The molecule has 1 spiro atoms. The highest BCUT2D eigenvalue weighted by molar-refractivity contribution is 6.09. The Morgan fingerprint density at radius 1 is 0.833 bits per heavy atom. The highest BCUT2D eigenvalue weighted by Crippen LogP contribution is 2.54. The minimum atomic E-state index is -1.04. The number of aliphatic hydroxyl groups is 1. The minimum Gasteiger partial charge on any atom is -0.392 e. The third-order valence-corrected chi connectivity index (χ3v) is 8.72. The van der Waals surface area contributed by atoms with E-state index >= 15 is 4.79 Å². The van der Waals surface area contributed by atoms with E-state index in [0.717, 1.165) is 46.5 Å². The monoisotopic (exact) mass is 559 g/mol. The molecule has 2 aliphatic heterocycles. The average molecular weight is 560 g/mol. The van der Waals surface area contributed by atoms with Crippen molar-refractivity contribution in [3.05, 3.63) is 137 Å². The number of rotatable bonds is 8. The highest BCUT2D eigenvalue weighted by Gasteiger charge is 2.59. The predicted molar refractivity (Wildman–Crippen MR) is 165 cm³/mol. The highest BCUT2D eigenvalue weighted by atomic mass is 16.3. The summed E-state index contributed by atoms with van der Waals surface area (Å²) in [7, 11) is 4.09. The van der Waals surface area contributed by atoms with Crippen LogP contribution in [0.3, 0.4) is 0 Å². The van der Waals surface area contributed by atoms with Crippen LogP contribution in [0.25, 0.3) is 0 Å². The third kappa shape index (κ3) is 4.81. The quantitative estimate of drug-likeness (QED) is 0.316. The molecule has 42 heavy (non-hydrogen) atoms. The maximum atomic E-state index is 15.2. The Labute approximate surface area is 247 Å². The zero-order valence-electron chi connectivity index (χ0n) is 24.2. The number of anilines is 1. The van der Waals surface area contributed by atoms with E-state index in [-0.39, 0.29) is 18.4 Å². The molecule has 4 aromatic carbocycles. The number of aliphatic hydroxyl groups excluding tert-OH is 1. The smallest absolute Gasteiger partial charge is 0.255 e. The summed E-state index contributed by atoms with van der Waals surface area (Å²) < 4.78 is 0. The number of carbonyl (C=O) groups excluding carboxylic acids is 2. The summed E-state index contributed by atoms with van der Waals surface area (Å²) in [6.45, 7) is 1.75. The van der Waals surface area contributed by atoms with Crippen LogP contribution in [0.4, 0.5) is 5.69 Å². The predicted octanol–water partition coefficient (Wildman–Crippen LogP) is 5.36. The van der Waals surface area contributed by atoms with Crippen LogP contribution in [-0.2, 0) is 29.8 Å². The van der Waals surface area contributed by atoms with Crippen molar-refractivity contribution in [1.82, 2.24) is 9.80 Å². The Bertz CT molecular complexity index is 1580. The number of hydrogen-bond donors (Lipinski definition) is 1. The molecule has 2 atom stereocenters. The molecule has 214 valence electrons. The molecule has 0 radical (unpaired) electrons. The largest absolute Gasteiger partial charge is 0.392 e. The molecule has 6 rings (SSSR count). The van der Waals surface area contributed by atoms with Crippen molar-refractivity contribution < 1.29 is 14.7 Å². The summed E-state index contributed by atoms with van der Waals surface area (Å²) in [5.41, 5.74) is 5.05. The molecule has 0 bridgehead atoms. The standard InChI is InChI=1S/C36H37N3O3/c1-37(2)21-10-22-38-32-16-9-6-13-29(32)23-36(35(38)42)31-15-8-7-14-30(31)34(41)39(24-26-11-4-3-5-12-26)33(36)28-19-17-27(25-40)18-20-28/h3-9,11-20,33,40H,10,21-25H2,1-2H3/t33?,36-/m0/s1. The van der Waals surface area contributed by atoms with Crippen LogP contribution in [0.15, 0.2) is 103 Å². The van der Waals surface area contributed by atoms with Gasteiger partial charge in [-0.3, -0.25) is 9.59 Å². The molecular formula is C36H37N3O3. The number of fused-ring (bicyclic) bond motifs is 3. The van der Waals surface area contributed by atoms with Gasteiger partial charge in [0.15, 0.2) is 0 Å². The molecule has 1 unspecified atom stereocenters. The van der Waals surface area contributed by atoms with Gasteiger partial charge < -0.3 is 19.8 Å². The van der Waals surface area contributed by atoms with Crippen molar-refractivity contribution in [1.29, 1.82) is 0 Å². The van der Waals surface area contributed by atoms with E-state index in [9.17, 15) is 9.90 Å². The van der Waals surface area contributed by atoms with E-state index in [1.165, 1.54) is 0 Å². The second kappa shape index (κ2) is 11.6. The van der Waals surface area contributed by atoms with Gasteiger partial charge in [-0.2, -0.15) is 0 Å². The van der Waals surface area contributed by atoms with Gasteiger partial charge in [0.1, 0.15) is 5.41 Å². The number of nitrogens with zero attached hydrogens (tertiary/aromatic N) is 3. The van der Waals surface area contributed by atoms with Gasteiger partial charge >= 0.3 is 0 Å². The van der Waals surface area contributed by atoms with Gasteiger partial charge in [0.2, 0.25) is 5.91 Å². The summed E-state index contributed by atoms with van der Waals surface area (Å²) in [6, 6.07) is 33.0. The molecule has 0 saturated heterocycles. The fourth-order valence-corrected chi connectivity index (χ4v) is 6.80. The van der Waals surface area contributed by atoms with Gasteiger partial charge in [0.05, 0.1) is 12.6 Å². The lowest BCUT2D eigenvalue weighted by atomic mass is 9.61. The second-order valence-electron chi connectivity index (χ2n) is 11.7. The van der Waals surface area contributed by atoms with E-state index in [0.29, 0.717) is 25.1 Å². The van der Waals surface area contributed by atoms with Gasteiger partial charge in [0.25, 0.3) is 5.91 Å². The average Bonchev–Trinajstić information content (AvgIpc) is 3.02. The Morgan fingerprint density at radius 2 is 1.52 bits per heavy atom. The number of hydrogen-bond acceptors (Lipinski definition) is 4. The van der Waals surface area contributed by atoms with Crippen molar-refractivity contribution in [2.45, 2.75) is 37.5 Å². The van der Waals surface area contributed by atoms with Crippen LogP contribution in [0.1, 0.15) is 50.6 Å². The third-order valence-electron chi connectivity index (χ3n) is 8.72. The van der Waals surface area contributed by atoms with Gasteiger partial charge in [-0.05, 0) is 73.4 Å². The zero-order chi connectivity index (χ0) is 29.3. The summed E-state index contributed by atoms with van der Waals surface area (Å²) in [4.78, 5) is 35.6. The Kier molecular flexibility index (Phi) is 7.67. The van der Waals surface area contributed by atoms with Crippen molar-refractivity contribution in [3.8, 4) is 0 Å². The molecule has 6 nitrogen and oxygen atoms in total. The van der Waals surface area contributed by atoms with Crippen LogP contribution in [-0.4, -0.2) is 53.9 Å². The molecule has 0 fully saturated rings. The first-order valence-corrected chi connectivity index (χ1v) is 14.6. The molecule has 0 aromatic heterocycles. The van der Waals surface area contributed by atoms with Crippen molar-refractivity contribution in [3.63, 3.8) is 0 Å². The molecule has 2 amide bonds. The first-order chi connectivity index (χ1) is 20.4. The molecule has 6 heteroatoms. The van der Waals surface area contributed by atoms with Gasteiger partial charge in [-0.1, -0.05) is 91.0 Å². The van der Waals surface area contributed by atoms with Crippen LogP contribution < -0.4 is 4.90 Å². The molecule has 2 heterocycles. The molecule has 0 saturated carbocycles. The lowest BCUT2D eigenvalue weighted by Crippen LogP contribution is -2.62. The van der Waals surface area contributed by atoms with Gasteiger partial charge in [0, 0.05) is 24.3 Å².